The standard InChI is InChI=1S/C17H21N3O3/c1-2-3-4-8-11-18-12-14-15(21)19-17(23)20(16(14)22)13-9-6-5-7-10-13/h5-7,9-10,12,22H,2-4,8,11H2,1H3,(H,19,21,23). The van der Waals surface area contributed by atoms with Gasteiger partial charge in [-0.2, -0.15) is 0 Å². The van der Waals surface area contributed by atoms with Crippen LogP contribution in [0, 0.1) is 0 Å². The number of nitrogens with one attached hydrogen (secondary N) is 1. The summed E-state index contributed by atoms with van der Waals surface area (Å²) in [5, 5.41) is 10.3. The number of nitrogens with zero attached hydrogens (tertiary/aromatic N) is 2. The summed E-state index contributed by atoms with van der Waals surface area (Å²) in [5.74, 6) is -0.401. The highest BCUT2D eigenvalue weighted by Gasteiger charge is 2.13. The summed E-state index contributed by atoms with van der Waals surface area (Å²) in [7, 11) is 0. The Labute approximate surface area is 134 Å². The SMILES string of the molecule is CCCCCCN=Cc1c(O)n(-c2ccccc2)c(=O)[nH]c1=O. The molecule has 2 aromatic rings. The molecule has 1 aromatic heterocycles. The third-order valence-electron chi connectivity index (χ3n) is 3.50. The molecule has 0 fully saturated rings. The maximum Gasteiger partial charge on any atom is 0.335 e. The quantitative estimate of drug-likeness (QED) is 0.606. The van der Waals surface area contributed by atoms with Crippen molar-refractivity contribution in [3.63, 3.8) is 0 Å². The summed E-state index contributed by atoms with van der Waals surface area (Å²) in [6.45, 7) is 2.72. The fraction of sp³-hybridized carbons (Fsp3) is 0.353. The van der Waals surface area contributed by atoms with Gasteiger partial charge in [0.2, 0.25) is 5.88 Å². The van der Waals surface area contributed by atoms with Gasteiger partial charge in [0, 0.05) is 12.8 Å². The van der Waals surface area contributed by atoms with E-state index in [4.69, 9.17) is 0 Å². The van der Waals surface area contributed by atoms with Gasteiger partial charge in [-0.25, -0.2) is 9.36 Å². The van der Waals surface area contributed by atoms with Crippen LogP contribution in [0.2, 0.25) is 0 Å². The van der Waals surface area contributed by atoms with E-state index in [-0.39, 0.29) is 5.56 Å². The maximum absolute atomic E-state index is 12.0. The van der Waals surface area contributed by atoms with Gasteiger partial charge < -0.3 is 5.11 Å². The van der Waals surface area contributed by atoms with Gasteiger partial charge in [0.15, 0.2) is 0 Å². The molecule has 0 bridgehead atoms. The van der Waals surface area contributed by atoms with Crippen molar-refractivity contribution in [2.75, 3.05) is 6.54 Å². The smallest absolute Gasteiger partial charge is 0.335 e. The van der Waals surface area contributed by atoms with Crippen molar-refractivity contribution in [2.24, 2.45) is 4.99 Å². The average Bonchev–Trinajstić information content (AvgIpc) is 2.54. The Morgan fingerprint density at radius 3 is 2.61 bits per heavy atom. The molecule has 6 nitrogen and oxygen atoms in total. The topological polar surface area (TPSA) is 87.4 Å². The van der Waals surface area contributed by atoms with Crippen LogP contribution >= 0.6 is 0 Å². The number of hydrogen-bond acceptors (Lipinski definition) is 4. The minimum absolute atomic E-state index is 0.0102. The van der Waals surface area contributed by atoms with Crippen LogP contribution in [0.4, 0.5) is 0 Å². The van der Waals surface area contributed by atoms with Gasteiger partial charge in [0.05, 0.1) is 5.69 Å². The van der Waals surface area contributed by atoms with Gasteiger partial charge in [-0.05, 0) is 18.6 Å². The van der Waals surface area contributed by atoms with Crippen LogP contribution in [0.3, 0.4) is 0 Å². The number of hydrogen-bond donors (Lipinski definition) is 2. The molecule has 0 radical (unpaired) electrons. The predicted octanol–water partition coefficient (Wildman–Crippen LogP) is 2.23. The Morgan fingerprint density at radius 1 is 1.17 bits per heavy atom. The van der Waals surface area contributed by atoms with Crippen LogP contribution in [0.1, 0.15) is 38.2 Å². The van der Waals surface area contributed by atoms with Crippen molar-refractivity contribution in [1.82, 2.24) is 9.55 Å². The number of unbranched alkanes of at least 4 members (excludes halogenated alkanes) is 3. The zero-order chi connectivity index (χ0) is 16.7. The lowest BCUT2D eigenvalue weighted by Gasteiger charge is -2.09. The lowest BCUT2D eigenvalue weighted by Crippen LogP contribution is -2.31. The van der Waals surface area contributed by atoms with E-state index in [1.165, 1.54) is 6.21 Å². The van der Waals surface area contributed by atoms with Gasteiger partial charge in [-0.1, -0.05) is 44.4 Å². The van der Waals surface area contributed by atoms with Crippen molar-refractivity contribution >= 4 is 6.21 Å². The molecule has 0 atom stereocenters. The number of aromatic nitrogens is 2. The molecule has 0 aliphatic carbocycles. The first-order valence-corrected chi connectivity index (χ1v) is 7.78. The highest BCUT2D eigenvalue weighted by Crippen LogP contribution is 2.14. The maximum atomic E-state index is 12.0. The third-order valence-corrected chi connectivity index (χ3v) is 3.50. The Bertz CT molecular complexity index is 776. The predicted molar refractivity (Wildman–Crippen MR) is 90.9 cm³/mol. The lowest BCUT2D eigenvalue weighted by atomic mass is 10.2. The first-order valence-electron chi connectivity index (χ1n) is 7.78. The second-order valence-corrected chi connectivity index (χ2v) is 5.26. The van der Waals surface area contributed by atoms with Gasteiger partial charge in [-0.3, -0.25) is 14.8 Å². The van der Waals surface area contributed by atoms with E-state index < -0.39 is 17.1 Å². The molecular formula is C17H21N3O3. The number of para-hydroxylation sites is 1. The lowest BCUT2D eigenvalue weighted by molar-refractivity contribution is 0.430. The number of aromatic hydroxyl groups is 1. The molecule has 2 rings (SSSR count). The van der Waals surface area contributed by atoms with Gasteiger partial charge in [0.25, 0.3) is 5.56 Å². The number of H-pyrrole nitrogens is 1. The van der Waals surface area contributed by atoms with E-state index in [9.17, 15) is 14.7 Å². The number of rotatable bonds is 7. The van der Waals surface area contributed by atoms with Crippen LogP contribution in [-0.4, -0.2) is 27.4 Å². The normalized spacial score (nSPS) is 11.2. The first kappa shape index (κ1) is 16.7. The molecule has 0 unspecified atom stereocenters. The van der Waals surface area contributed by atoms with Crippen molar-refractivity contribution < 1.29 is 5.11 Å². The molecule has 0 spiro atoms. The summed E-state index contributed by atoms with van der Waals surface area (Å²) in [4.78, 5) is 30.2. The highest BCUT2D eigenvalue weighted by atomic mass is 16.3. The number of benzene rings is 1. The zero-order valence-electron chi connectivity index (χ0n) is 13.2. The summed E-state index contributed by atoms with van der Waals surface area (Å²) in [6, 6.07) is 8.63. The number of aromatic amines is 1. The van der Waals surface area contributed by atoms with E-state index in [1.807, 2.05) is 0 Å². The Balaban J connectivity index is 2.29. The summed E-state index contributed by atoms with van der Waals surface area (Å²) < 4.78 is 1.06. The molecule has 0 amide bonds. The molecule has 1 aromatic carbocycles. The molecule has 6 heteroatoms. The van der Waals surface area contributed by atoms with Gasteiger partial charge in [0.1, 0.15) is 5.56 Å². The fourth-order valence-electron chi connectivity index (χ4n) is 2.26. The number of aliphatic imine (C=N–C) groups is 1. The Morgan fingerprint density at radius 2 is 1.91 bits per heavy atom. The van der Waals surface area contributed by atoms with Crippen molar-refractivity contribution in [3.05, 3.63) is 56.7 Å². The molecule has 0 saturated heterocycles. The fourth-order valence-corrected chi connectivity index (χ4v) is 2.26. The third kappa shape index (κ3) is 4.18. The minimum Gasteiger partial charge on any atom is -0.493 e. The summed E-state index contributed by atoms with van der Waals surface area (Å²) in [5.41, 5.74) is -0.858. The largest absolute Gasteiger partial charge is 0.493 e. The zero-order valence-corrected chi connectivity index (χ0v) is 13.2. The monoisotopic (exact) mass is 315 g/mol. The van der Waals surface area contributed by atoms with E-state index in [1.54, 1.807) is 30.3 Å². The van der Waals surface area contributed by atoms with E-state index in [0.29, 0.717) is 12.2 Å². The van der Waals surface area contributed by atoms with Gasteiger partial charge >= 0.3 is 5.69 Å². The molecular weight excluding hydrogens is 294 g/mol. The second kappa shape index (κ2) is 8.12. The molecule has 122 valence electrons. The van der Waals surface area contributed by atoms with Crippen LogP contribution < -0.4 is 11.2 Å². The van der Waals surface area contributed by atoms with Crippen molar-refractivity contribution in [3.8, 4) is 11.6 Å². The van der Waals surface area contributed by atoms with Crippen LogP contribution in [0.5, 0.6) is 5.88 Å². The Hall–Kier alpha value is -2.63. The molecule has 0 aliphatic heterocycles. The second-order valence-electron chi connectivity index (χ2n) is 5.26. The van der Waals surface area contributed by atoms with Gasteiger partial charge in [-0.15, -0.1) is 0 Å². The molecule has 0 aliphatic rings. The highest BCUT2D eigenvalue weighted by molar-refractivity contribution is 5.82. The van der Waals surface area contributed by atoms with E-state index in [2.05, 4.69) is 16.9 Å². The molecule has 23 heavy (non-hydrogen) atoms. The average molecular weight is 315 g/mol. The van der Waals surface area contributed by atoms with Crippen LogP contribution in [-0.2, 0) is 0 Å². The molecule has 0 saturated carbocycles. The summed E-state index contributed by atoms with van der Waals surface area (Å²) in [6.07, 6.45) is 5.65. The van der Waals surface area contributed by atoms with Crippen molar-refractivity contribution in [1.29, 1.82) is 0 Å². The van der Waals surface area contributed by atoms with Crippen LogP contribution in [0.15, 0.2) is 44.9 Å². The van der Waals surface area contributed by atoms with E-state index in [0.717, 1.165) is 30.3 Å². The minimum atomic E-state index is -0.682. The van der Waals surface area contributed by atoms with Crippen molar-refractivity contribution in [2.45, 2.75) is 32.6 Å². The first-order chi connectivity index (χ1) is 11.1. The van der Waals surface area contributed by atoms with E-state index >= 15 is 0 Å². The Kier molecular flexibility index (Phi) is 5.91. The molecule has 2 N–H and O–H groups in total. The van der Waals surface area contributed by atoms with Crippen LogP contribution in [0.25, 0.3) is 5.69 Å². The molecule has 1 heterocycles. The summed E-state index contributed by atoms with van der Waals surface area (Å²) >= 11 is 0.